The quantitative estimate of drug-likeness (QED) is 0.654. The molecular weight excluding hydrogens is 417 g/mol. The Hall–Kier alpha value is -1.76. The van der Waals surface area contributed by atoms with Gasteiger partial charge in [0.1, 0.15) is 0 Å². The lowest BCUT2D eigenvalue weighted by Gasteiger charge is -2.13. The third-order valence-corrected chi connectivity index (χ3v) is 4.32. The van der Waals surface area contributed by atoms with E-state index in [1.54, 1.807) is 0 Å². The first kappa shape index (κ1) is 18.6. The van der Waals surface area contributed by atoms with Crippen molar-refractivity contribution < 1.29 is 14.3 Å². The number of aryl methyl sites for hydroxylation is 1. The Bertz CT molecular complexity index is 716. The minimum absolute atomic E-state index is 0.0776. The summed E-state index contributed by atoms with van der Waals surface area (Å²) in [5.41, 5.74) is 2.80. The lowest BCUT2D eigenvalue weighted by Crippen LogP contribution is -2.23. The fraction of sp³-hybridized carbons (Fsp3) is 0.316. The Morgan fingerprint density at radius 3 is 2.42 bits per heavy atom. The van der Waals surface area contributed by atoms with Crippen LogP contribution in [0.4, 0.5) is 0 Å². The van der Waals surface area contributed by atoms with Gasteiger partial charge < -0.3 is 14.8 Å². The average Bonchev–Trinajstić information content (AvgIpc) is 2.55. The highest BCUT2D eigenvalue weighted by Gasteiger charge is 2.11. The van der Waals surface area contributed by atoms with E-state index >= 15 is 0 Å². The van der Waals surface area contributed by atoms with E-state index in [-0.39, 0.29) is 5.91 Å². The Morgan fingerprint density at radius 1 is 1.04 bits per heavy atom. The summed E-state index contributed by atoms with van der Waals surface area (Å²) >= 11 is 2.19. The van der Waals surface area contributed by atoms with Crippen LogP contribution >= 0.6 is 22.6 Å². The lowest BCUT2D eigenvalue weighted by molar-refractivity contribution is 0.0950. The summed E-state index contributed by atoms with van der Waals surface area (Å²) in [6.45, 7) is 7.48. The Kier molecular flexibility index (Phi) is 6.90. The molecule has 0 spiro atoms. The summed E-state index contributed by atoms with van der Waals surface area (Å²) in [7, 11) is 0. The van der Waals surface area contributed by atoms with E-state index in [1.165, 1.54) is 0 Å². The Morgan fingerprint density at radius 2 is 1.75 bits per heavy atom. The van der Waals surface area contributed by atoms with Crippen molar-refractivity contribution in [2.45, 2.75) is 27.3 Å². The number of hydrogen-bond donors (Lipinski definition) is 1. The van der Waals surface area contributed by atoms with Crippen LogP contribution in [-0.4, -0.2) is 19.1 Å². The number of carbonyl (C=O) groups excluding carboxylic acids is 1. The van der Waals surface area contributed by atoms with Gasteiger partial charge in [0.25, 0.3) is 5.91 Å². The first-order valence-corrected chi connectivity index (χ1v) is 9.05. The van der Waals surface area contributed by atoms with Gasteiger partial charge in [0.05, 0.1) is 18.8 Å². The maximum Gasteiger partial charge on any atom is 0.252 e. The van der Waals surface area contributed by atoms with E-state index in [0.29, 0.717) is 31.1 Å². The maximum atomic E-state index is 12.4. The highest BCUT2D eigenvalue weighted by molar-refractivity contribution is 14.1. The molecule has 2 rings (SSSR count). The SMILES string of the molecule is CCOc1ccc(CNC(=O)c2ccc(C)cc2I)cc1OCC. The van der Waals surface area contributed by atoms with E-state index in [2.05, 4.69) is 27.9 Å². The maximum absolute atomic E-state index is 12.4. The molecule has 0 heterocycles. The van der Waals surface area contributed by atoms with Crippen molar-refractivity contribution >= 4 is 28.5 Å². The predicted octanol–water partition coefficient (Wildman–Crippen LogP) is 4.33. The zero-order chi connectivity index (χ0) is 17.5. The molecule has 0 saturated heterocycles. The van der Waals surface area contributed by atoms with Crippen LogP contribution in [0, 0.1) is 10.5 Å². The van der Waals surface area contributed by atoms with Gasteiger partial charge in [0.15, 0.2) is 11.5 Å². The number of amides is 1. The monoisotopic (exact) mass is 439 g/mol. The van der Waals surface area contributed by atoms with Gasteiger partial charge in [-0.2, -0.15) is 0 Å². The molecule has 0 atom stereocenters. The van der Waals surface area contributed by atoms with Gasteiger partial charge in [-0.1, -0.05) is 17.7 Å². The summed E-state index contributed by atoms with van der Waals surface area (Å²) in [4.78, 5) is 12.4. The lowest BCUT2D eigenvalue weighted by atomic mass is 10.1. The highest BCUT2D eigenvalue weighted by atomic mass is 127. The summed E-state index contributed by atoms with van der Waals surface area (Å²) in [6, 6.07) is 11.5. The van der Waals surface area contributed by atoms with E-state index in [1.807, 2.05) is 57.2 Å². The first-order chi connectivity index (χ1) is 11.5. The largest absolute Gasteiger partial charge is 0.490 e. The van der Waals surface area contributed by atoms with Crippen molar-refractivity contribution in [2.24, 2.45) is 0 Å². The van der Waals surface area contributed by atoms with Crippen molar-refractivity contribution in [3.8, 4) is 11.5 Å². The van der Waals surface area contributed by atoms with E-state index in [9.17, 15) is 4.79 Å². The molecule has 0 unspecified atom stereocenters. The van der Waals surface area contributed by atoms with E-state index in [0.717, 1.165) is 20.4 Å². The molecule has 0 radical (unpaired) electrons. The standard InChI is InChI=1S/C19H22INO3/c1-4-23-17-9-7-14(11-18(17)24-5-2)12-21-19(22)15-8-6-13(3)10-16(15)20/h6-11H,4-5,12H2,1-3H3,(H,21,22). The molecule has 1 N–H and O–H groups in total. The zero-order valence-corrected chi connectivity index (χ0v) is 16.3. The second kappa shape index (κ2) is 8.92. The van der Waals surface area contributed by atoms with Crippen LogP contribution in [0.3, 0.4) is 0 Å². The zero-order valence-electron chi connectivity index (χ0n) is 14.2. The van der Waals surface area contributed by atoms with Crippen molar-refractivity contribution in [3.05, 3.63) is 56.7 Å². The molecule has 0 fully saturated rings. The minimum atomic E-state index is -0.0776. The van der Waals surface area contributed by atoms with Crippen LogP contribution in [0.15, 0.2) is 36.4 Å². The van der Waals surface area contributed by atoms with Gasteiger partial charge in [0, 0.05) is 10.1 Å². The van der Waals surface area contributed by atoms with Gasteiger partial charge in [-0.05, 0) is 73.2 Å². The molecule has 0 aromatic heterocycles. The van der Waals surface area contributed by atoms with Crippen LogP contribution in [-0.2, 0) is 6.54 Å². The van der Waals surface area contributed by atoms with Gasteiger partial charge >= 0.3 is 0 Å². The number of nitrogens with one attached hydrogen (secondary N) is 1. The highest BCUT2D eigenvalue weighted by Crippen LogP contribution is 2.28. The van der Waals surface area contributed by atoms with Crippen LogP contribution in [0.5, 0.6) is 11.5 Å². The van der Waals surface area contributed by atoms with Crippen LogP contribution in [0.1, 0.15) is 35.3 Å². The molecule has 0 aliphatic carbocycles. The molecule has 2 aromatic rings. The van der Waals surface area contributed by atoms with Crippen LogP contribution in [0.25, 0.3) is 0 Å². The van der Waals surface area contributed by atoms with Crippen molar-refractivity contribution in [3.63, 3.8) is 0 Å². The van der Waals surface area contributed by atoms with Crippen LogP contribution in [0.2, 0.25) is 0 Å². The summed E-state index contributed by atoms with van der Waals surface area (Å²) in [5.74, 6) is 1.35. The third-order valence-electron chi connectivity index (χ3n) is 3.43. The molecule has 0 bridgehead atoms. The first-order valence-electron chi connectivity index (χ1n) is 7.98. The molecular formula is C19H22INO3. The Balaban J connectivity index is 2.08. The topological polar surface area (TPSA) is 47.6 Å². The predicted molar refractivity (Wildman–Crippen MR) is 104 cm³/mol. The van der Waals surface area contributed by atoms with Crippen molar-refractivity contribution in [1.82, 2.24) is 5.32 Å². The summed E-state index contributed by atoms with van der Waals surface area (Å²) in [5, 5.41) is 2.96. The average molecular weight is 439 g/mol. The molecule has 24 heavy (non-hydrogen) atoms. The third kappa shape index (κ3) is 4.87. The second-order valence-corrected chi connectivity index (χ2v) is 6.48. The van der Waals surface area contributed by atoms with Gasteiger partial charge in [0.2, 0.25) is 0 Å². The Labute approximate surface area is 156 Å². The fourth-order valence-corrected chi connectivity index (χ4v) is 3.20. The molecule has 0 aliphatic rings. The van der Waals surface area contributed by atoms with Gasteiger partial charge in [-0.3, -0.25) is 4.79 Å². The smallest absolute Gasteiger partial charge is 0.252 e. The molecule has 128 valence electrons. The number of benzene rings is 2. The molecule has 4 nitrogen and oxygen atoms in total. The second-order valence-electron chi connectivity index (χ2n) is 5.31. The summed E-state index contributed by atoms with van der Waals surface area (Å²) in [6.07, 6.45) is 0. The van der Waals surface area contributed by atoms with Gasteiger partial charge in [-0.25, -0.2) is 0 Å². The number of halogens is 1. The molecule has 2 aromatic carbocycles. The molecule has 1 amide bonds. The number of rotatable bonds is 7. The fourth-order valence-electron chi connectivity index (χ4n) is 2.29. The number of ether oxygens (including phenoxy) is 2. The van der Waals surface area contributed by atoms with Crippen molar-refractivity contribution in [2.75, 3.05) is 13.2 Å². The summed E-state index contributed by atoms with van der Waals surface area (Å²) < 4.78 is 12.1. The minimum Gasteiger partial charge on any atom is -0.490 e. The normalized spacial score (nSPS) is 10.3. The molecule has 0 saturated carbocycles. The van der Waals surface area contributed by atoms with Gasteiger partial charge in [-0.15, -0.1) is 0 Å². The van der Waals surface area contributed by atoms with E-state index in [4.69, 9.17) is 9.47 Å². The van der Waals surface area contributed by atoms with Crippen molar-refractivity contribution in [1.29, 1.82) is 0 Å². The van der Waals surface area contributed by atoms with E-state index < -0.39 is 0 Å². The number of hydrogen-bond acceptors (Lipinski definition) is 3. The number of carbonyl (C=O) groups is 1. The molecule has 0 aliphatic heterocycles. The molecule has 5 heteroatoms. The van der Waals surface area contributed by atoms with Crippen LogP contribution < -0.4 is 14.8 Å².